The first-order valence-electron chi connectivity index (χ1n) is 5.09. The lowest BCUT2D eigenvalue weighted by Gasteiger charge is -2.14. The minimum absolute atomic E-state index is 0.150. The highest BCUT2D eigenvalue weighted by molar-refractivity contribution is 5.93. The van der Waals surface area contributed by atoms with Crippen LogP contribution >= 0.6 is 0 Å². The summed E-state index contributed by atoms with van der Waals surface area (Å²) in [6, 6.07) is 7.85. The molecule has 0 saturated carbocycles. The Morgan fingerprint density at radius 2 is 1.47 bits per heavy atom. The zero-order valence-corrected chi connectivity index (χ0v) is 9.25. The van der Waals surface area contributed by atoms with Crippen LogP contribution in [0.1, 0.15) is 0 Å². The molecule has 0 atom stereocenters. The molecule has 2 aromatic rings. The van der Waals surface area contributed by atoms with Gasteiger partial charge in [0.25, 0.3) is 0 Å². The lowest BCUT2D eigenvalue weighted by atomic mass is 10.1. The summed E-state index contributed by atoms with van der Waals surface area (Å²) in [4.78, 5) is 0. The van der Waals surface area contributed by atoms with Crippen LogP contribution < -0.4 is 9.47 Å². The summed E-state index contributed by atoms with van der Waals surface area (Å²) in [5.41, 5.74) is 0. The highest BCUT2D eigenvalue weighted by Gasteiger charge is 2.32. The summed E-state index contributed by atoms with van der Waals surface area (Å²) in [5.74, 6) is -0.950. The van der Waals surface area contributed by atoms with Gasteiger partial charge in [0.05, 0.1) is 5.39 Å². The van der Waals surface area contributed by atoms with Crippen molar-refractivity contribution in [1.82, 2.24) is 0 Å². The summed E-state index contributed by atoms with van der Waals surface area (Å²) in [5, 5.41) is 0.155. The van der Waals surface area contributed by atoms with E-state index in [0.29, 0.717) is 5.39 Å². The highest BCUT2D eigenvalue weighted by Crippen LogP contribution is 2.37. The minimum atomic E-state index is -4.91. The predicted molar refractivity (Wildman–Crippen MR) is 57.3 cm³/mol. The van der Waals surface area contributed by atoms with Crippen molar-refractivity contribution in [2.75, 3.05) is 0 Å². The third kappa shape index (κ3) is 3.24. The first-order valence-corrected chi connectivity index (χ1v) is 5.09. The van der Waals surface area contributed by atoms with Gasteiger partial charge in [0, 0.05) is 0 Å². The first kappa shape index (κ1) is 13.4. The van der Waals surface area contributed by atoms with Gasteiger partial charge in [0.15, 0.2) is 0 Å². The molecule has 7 heteroatoms. The van der Waals surface area contributed by atoms with Gasteiger partial charge in [-0.05, 0) is 17.5 Å². The van der Waals surface area contributed by atoms with E-state index in [2.05, 4.69) is 9.47 Å². The molecule has 2 aromatic carbocycles. The Balaban J connectivity index is 2.57. The molecule has 0 aromatic heterocycles. The average molecular weight is 278 g/mol. The zero-order valence-electron chi connectivity index (χ0n) is 9.25. The minimum Gasteiger partial charge on any atom is -0.434 e. The number of halogens is 5. The van der Waals surface area contributed by atoms with E-state index in [1.54, 1.807) is 0 Å². The molecule has 0 spiro atoms. The quantitative estimate of drug-likeness (QED) is 0.777. The Labute approximate surface area is 104 Å². The average Bonchev–Trinajstić information content (AvgIpc) is 2.26. The van der Waals surface area contributed by atoms with Crippen molar-refractivity contribution in [1.29, 1.82) is 0 Å². The van der Waals surface area contributed by atoms with E-state index in [1.807, 2.05) is 0 Å². The molecule has 2 nitrogen and oxygen atoms in total. The van der Waals surface area contributed by atoms with Gasteiger partial charge in [0.2, 0.25) is 0 Å². The van der Waals surface area contributed by atoms with E-state index in [-0.39, 0.29) is 11.1 Å². The number of alkyl halides is 5. The molecule has 0 radical (unpaired) electrons. The fourth-order valence-corrected chi connectivity index (χ4v) is 1.68. The van der Waals surface area contributed by atoms with Crippen molar-refractivity contribution in [3.63, 3.8) is 0 Å². The second-order valence-corrected chi connectivity index (χ2v) is 3.54. The summed E-state index contributed by atoms with van der Waals surface area (Å²) < 4.78 is 69.2. The van der Waals surface area contributed by atoms with Crippen LogP contribution in [0.5, 0.6) is 11.5 Å². The van der Waals surface area contributed by atoms with Crippen LogP contribution in [0.2, 0.25) is 0 Å². The van der Waals surface area contributed by atoms with Crippen LogP contribution in [0.3, 0.4) is 0 Å². The van der Waals surface area contributed by atoms with Crippen LogP contribution in [-0.2, 0) is 0 Å². The molecule has 0 saturated heterocycles. The molecule has 0 heterocycles. The van der Waals surface area contributed by atoms with Gasteiger partial charge in [-0.2, -0.15) is 8.78 Å². The summed E-state index contributed by atoms with van der Waals surface area (Å²) in [7, 11) is 0. The largest absolute Gasteiger partial charge is 0.573 e. The fourth-order valence-electron chi connectivity index (χ4n) is 1.68. The molecule has 0 amide bonds. The van der Waals surface area contributed by atoms with Crippen LogP contribution in [0, 0.1) is 0 Å². The topological polar surface area (TPSA) is 18.5 Å². The molecule has 0 aliphatic carbocycles. The van der Waals surface area contributed by atoms with E-state index in [0.717, 1.165) is 12.1 Å². The standard InChI is InChI=1S/C12H7F5O2/c13-11(14)18-8-5-1-3-7-4-2-6-9(10(7)8)19-12(15,16)17/h1-6,11H. The third-order valence-electron chi connectivity index (χ3n) is 2.27. The molecular weight excluding hydrogens is 271 g/mol. The molecule has 102 valence electrons. The molecule has 19 heavy (non-hydrogen) atoms. The van der Waals surface area contributed by atoms with Gasteiger partial charge in [-0.25, -0.2) is 0 Å². The lowest BCUT2D eigenvalue weighted by Crippen LogP contribution is -2.17. The van der Waals surface area contributed by atoms with Crippen molar-refractivity contribution in [2.45, 2.75) is 13.0 Å². The molecule has 0 N–H and O–H groups in total. The predicted octanol–water partition coefficient (Wildman–Crippen LogP) is 4.34. The summed E-state index contributed by atoms with van der Waals surface area (Å²) in [6.07, 6.45) is -4.91. The number of rotatable bonds is 3. The zero-order chi connectivity index (χ0) is 14.0. The molecule has 2 rings (SSSR count). The Hall–Kier alpha value is -2.05. The van der Waals surface area contributed by atoms with Crippen LogP contribution in [-0.4, -0.2) is 13.0 Å². The smallest absolute Gasteiger partial charge is 0.434 e. The van der Waals surface area contributed by atoms with Crippen LogP contribution in [0.15, 0.2) is 36.4 Å². The lowest BCUT2D eigenvalue weighted by molar-refractivity contribution is -0.274. The van der Waals surface area contributed by atoms with Gasteiger partial charge in [-0.15, -0.1) is 13.2 Å². The van der Waals surface area contributed by atoms with Gasteiger partial charge in [-0.3, -0.25) is 0 Å². The van der Waals surface area contributed by atoms with E-state index < -0.39 is 18.7 Å². The van der Waals surface area contributed by atoms with Crippen molar-refractivity contribution in [3.8, 4) is 11.5 Å². The van der Waals surface area contributed by atoms with E-state index in [4.69, 9.17) is 0 Å². The first-order chi connectivity index (χ1) is 8.87. The Bertz CT molecular complexity index is 575. The Morgan fingerprint density at radius 3 is 2.00 bits per heavy atom. The van der Waals surface area contributed by atoms with Gasteiger partial charge < -0.3 is 9.47 Å². The maximum atomic E-state index is 12.3. The van der Waals surface area contributed by atoms with E-state index >= 15 is 0 Å². The van der Waals surface area contributed by atoms with E-state index in [1.165, 1.54) is 24.3 Å². The molecular formula is C12H7F5O2. The molecule has 0 bridgehead atoms. The molecule has 0 aliphatic rings. The number of fused-ring (bicyclic) bond motifs is 1. The number of benzene rings is 2. The van der Waals surface area contributed by atoms with Crippen molar-refractivity contribution in [3.05, 3.63) is 36.4 Å². The number of hydrogen-bond acceptors (Lipinski definition) is 2. The van der Waals surface area contributed by atoms with Crippen molar-refractivity contribution >= 4 is 10.8 Å². The number of hydrogen-bond donors (Lipinski definition) is 0. The maximum absolute atomic E-state index is 12.3. The highest BCUT2D eigenvalue weighted by atomic mass is 19.4. The van der Waals surface area contributed by atoms with Crippen molar-refractivity contribution < 1.29 is 31.4 Å². The monoisotopic (exact) mass is 278 g/mol. The second kappa shape index (κ2) is 4.91. The Kier molecular flexibility index (Phi) is 3.46. The second-order valence-electron chi connectivity index (χ2n) is 3.54. The summed E-state index contributed by atoms with van der Waals surface area (Å²) in [6.45, 7) is -3.13. The maximum Gasteiger partial charge on any atom is 0.573 e. The SMILES string of the molecule is FC(F)Oc1cccc2cccc(OC(F)(F)F)c12. The third-order valence-corrected chi connectivity index (χ3v) is 2.27. The molecule has 0 fully saturated rings. The number of ether oxygens (including phenoxy) is 2. The van der Waals surface area contributed by atoms with Gasteiger partial charge in [0.1, 0.15) is 11.5 Å². The summed E-state index contributed by atoms with van der Waals surface area (Å²) >= 11 is 0. The Morgan fingerprint density at radius 1 is 0.895 bits per heavy atom. The van der Waals surface area contributed by atoms with E-state index in [9.17, 15) is 22.0 Å². The van der Waals surface area contributed by atoms with Crippen LogP contribution in [0.25, 0.3) is 10.8 Å². The molecule has 0 unspecified atom stereocenters. The van der Waals surface area contributed by atoms with Crippen LogP contribution in [0.4, 0.5) is 22.0 Å². The van der Waals surface area contributed by atoms with Gasteiger partial charge in [-0.1, -0.05) is 24.3 Å². The molecule has 0 aliphatic heterocycles. The fraction of sp³-hybridized carbons (Fsp3) is 0.167. The normalized spacial score (nSPS) is 11.9. The van der Waals surface area contributed by atoms with Crippen molar-refractivity contribution in [2.24, 2.45) is 0 Å². The van der Waals surface area contributed by atoms with Gasteiger partial charge >= 0.3 is 13.0 Å².